The summed E-state index contributed by atoms with van der Waals surface area (Å²) in [6, 6.07) is 0. The molecule has 5 nitrogen and oxygen atoms in total. The van der Waals surface area contributed by atoms with Crippen LogP contribution in [0.1, 0.15) is 5.69 Å². The van der Waals surface area contributed by atoms with Crippen molar-refractivity contribution in [2.24, 2.45) is 7.05 Å². The molecule has 0 atom stereocenters. The quantitative estimate of drug-likeness (QED) is 0.564. The van der Waals surface area contributed by atoms with Gasteiger partial charge in [0.25, 0.3) is 0 Å². The van der Waals surface area contributed by atoms with Crippen LogP contribution in [-0.4, -0.2) is 19.7 Å². The van der Waals surface area contributed by atoms with E-state index in [2.05, 4.69) is 15.1 Å². The number of anilines is 1. The van der Waals surface area contributed by atoms with Crippen LogP contribution in [-0.2, 0) is 7.05 Å². The Morgan fingerprint density at radius 1 is 1.55 bits per heavy atom. The van der Waals surface area contributed by atoms with Crippen LogP contribution < -0.4 is 5.73 Å². The minimum atomic E-state index is 0.441. The van der Waals surface area contributed by atoms with Crippen molar-refractivity contribution >= 4 is 17.1 Å². The van der Waals surface area contributed by atoms with Gasteiger partial charge in [0.05, 0.1) is 5.69 Å². The first kappa shape index (κ1) is 6.21. The lowest BCUT2D eigenvalue weighted by atomic mass is 10.4. The Balaban J connectivity index is 2.92. The Morgan fingerprint density at radius 3 is 2.91 bits per heavy atom. The first-order chi connectivity index (χ1) is 5.18. The third-order valence-corrected chi connectivity index (χ3v) is 1.67. The summed E-state index contributed by atoms with van der Waals surface area (Å²) in [6.07, 6.45) is 0. The third-order valence-electron chi connectivity index (χ3n) is 1.67. The molecule has 0 unspecified atom stereocenters. The number of imidazole rings is 1. The maximum atomic E-state index is 5.46. The summed E-state index contributed by atoms with van der Waals surface area (Å²) in [7, 11) is 1.84. The molecule has 0 bridgehead atoms. The summed E-state index contributed by atoms with van der Waals surface area (Å²) in [4.78, 5) is 6.99. The second-order valence-electron chi connectivity index (χ2n) is 2.53. The van der Waals surface area contributed by atoms with Gasteiger partial charge in [-0.15, -0.1) is 0 Å². The minimum absolute atomic E-state index is 0.441. The maximum absolute atomic E-state index is 5.46. The summed E-state index contributed by atoms with van der Waals surface area (Å²) < 4.78 is 1.71. The zero-order valence-electron chi connectivity index (χ0n) is 6.42. The van der Waals surface area contributed by atoms with E-state index < -0.39 is 0 Å². The van der Waals surface area contributed by atoms with Gasteiger partial charge >= 0.3 is 0 Å². The Morgan fingerprint density at radius 2 is 2.27 bits per heavy atom. The molecule has 2 heterocycles. The summed E-state index contributed by atoms with van der Waals surface area (Å²) >= 11 is 0. The third kappa shape index (κ3) is 0.705. The number of aromatic nitrogens is 4. The molecule has 11 heavy (non-hydrogen) atoms. The van der Waals surface area contributed by atoms with Crippen molar-refractivity contribution in [1.82, 2.24) is 19.7 Å². The van der Waals surface area contributed by atoms with Crippen LogP contribution in [0.25, 0.3) is 11.2 Å². The van der Waals surface area contributed by atoms with Crippen LogP contribution in [0.4, 0.5) is 5.95 Å². The van der Waals surface area contributed by atoms with Gasteiger partial charge in [-0.05, 0) is 6.92 Å². The van der Waals surface area contributed by atoms with Gasteiger partial charge in [-0.3, -0.25) is 0 Å². The first-order valence-electron chi connectivity index (χ1n) is 3.33. The van der Waals surface area contributed by atoms with Crippen LogP contribution in [0.3, 0.4) is 0 Å². The molecule has 2 aromatic rings. The highest BCUT2D eigenvalue weighted by molar-refractivity contribution is 5.76. The van der Waals surface area contributed by atoms with Crippen molar-refractivity contribution in [3.05, 3.63) is 5.69 Å². The highest BCUT2D eigenvalue weighted by Gasteiger charge is 2.07. The van der Waals surface area contributed by atoms with Crippen molar-refractivity contribution in [2.75, 3.05) is 5.73 Å². The molecule has 58 valence electrons. The number of aryl methyl sites for hydroxylation is 2. The molecule has 0 aromatic carbocycles. The Labute approximate surface area is 63.2 Å². The smallest absolute Gasteiger partial charge is 0.200 e. The summed E-state index contributed by atoms with van der Waals surface area (Å²) in [6.45, 7) is 1.92. The lowest BCUT2D eigenvalue weighted by Crippen LogP contribution is -1.93. The highest BCUT2D eigenvalue weighted by atomic mass is 15.3. The molecule has 0 saturated heterocycles. The summed E-state index contributed by atoms with van der Waals surface area (Å²) in [5.74, 6) is 0.441. The average Bonchev–Trinajstić information content (AvgIpc) is 2.38. The fourth-order valence-corrected chi connectivity index (χ4v) is 1.19. The molecular weight excluding hydrogens is 142 g/mol. The topological polar surface area (TPSA) is 72.5 Å². The number of nitrogens with two attached hydrogens (primary N) is 1. The highest BCUT2D eigenvalue weighted by Crippen LogP contribution is 2.14. The predicted octanol–water partition coefficient (Wildman–Crippen LogP) is 0.187. The molecule has 0 aliphatic heterocycles. The first-order valence-corrected chi connectivity index (χ1v) is 3.33. The summed E-state index contributed by atoms with van der Waals surface area (Å²) in [5.41, 5.74) is 8.11. The number of nitrogens with zero attached hydrogens (tertiary/aromatic N) is 3. The number of hydrogen-bond donors (Lipinski definition) is 2. The number of hydrogen-bond acceptors (Lipinski definition) is 3. The number of nitrogens with one attached hydrogen (secondary N) is 1. The molecule has 0 spiro atoms. The molecule has 0 amide bonds. The normalized spacial score (nSPS) is 11.1. The number of rotatable bonds is 0. The largest absolute Gasteiger partial charge is 0.369 e. The molecule has 0 aliphatic rings. The number of aromatic amines is 1. The van der Waals surface area contributed by atoms with Crippen molar-refractivity contribution in [1.29, 1.82) is 0 Å². The molecule has 5 heteroatoms. The molecular formula is C6H9N5. The molecule has 0 radical (unpaired) electrons. The van der Waals surface area contributed by atoms with Gasteiger partial charge in [0.15, 0.2) is 11.6 Å². The zero-order valence-corrected chi connectivity index (χ0v) is 6.42. The molecule has 2 aromatic heterocycles. The van der Waals surface area contributed by atoms with Crippen molar-refractivity contribution < 1.29 is 0 Å². The molecule has 0 fully saturated rings. The average molecular weight is 151 g/mol. The van der Waals surface area contributed by atoms with E-state index in [4.69, 9.17) is 5.73 Å². The van der Waals surface area contributed by atoms with E-state index in [1.54, 1.807) is 4.68 Å². The lowest BCUT2D eigenvalue weighted by molar-refractivity contribution is 0.773. The second-order valence-corrected chi connectivity index (χ2v) is 2.53. The van der Waals surface area contributed by atoms with E-state index in [0.29, 0.717) is 5.95 Å². The van der Waals surface area contributed by atoms with Crippen LogP contribution >= 0.6 is 0 Å². The summed E-state index contributed by atoms with van der Waals surface area (Å²) in [5, 5.41) is 4.16. The van der Waals surface area contributed by atoms with Gasteiger partial charge < -0.3 is 10.7 Å². The number of H-pyrrole nitrogens is 1. The maximum Gasteiger partial charge on any atom is 0.200 e. The van der Waals surface area contributed by atoms with Gasteiger partial charge in [0.1, 0.15) is 5.52 Å². The fraction of sp³-hybridized carbons (Fsp3) is 0.333. The molecule has 3 N–H and O–H groups in total. The van der Waals surface area contributed by atoms with Crippen LogP contribution in [0, 0.1) is 6.92 Å². The van der Waals surface area contributed by atoms with E-state index in [-0.39, 0.29) is 0 Å². The van der Waals surface area contributed by atoms with Crippen molar-refractivity contribution in [3.63, 3.8) is 0 Å². The lowest BCUT2D eigenvalue weighted by Gasteiger charge is -1.85. The Hall–Kier alpha value is -1.52. The molecule has 0 aliphatic carbocycles. The van der Waals surface area contributed by atoms with Gasteiger partial charge in [-0.2, -0.15) is 10.1 Å². The van der Waals surface area contributed by atoms with E-state index in [0.717, 1.165) is 16.9 Å². The second kappa shape index (κ2) is 1.75. The van der Waals surface area contributed by atoms with Crippen LogP contribution in [0.2, 0.25) is 0 Å². The van der Waals surface area contributed by atoms with E-state index in [1.165, 1.54) is 0 Å². The standard InChI is InChI=1S/C6H9N5/c1-3-4-5(11(2)10-3)9-6(7)8-4/h1-2H3,(H3,7,8,9). The van der Waals surface area contributed by atoms with Crippen molar-refractivity contribution in [2.45, 2.75) is 6.92 Å². The van der Waals surface area contributed by atoms with E-state index in [9.17, 15) is 0 Å². The molecule has 0 saturated carbocycles. The fourth-order valence-electron chi connectivity index (χ4n) is 1.19. The predicted molar refractivity (Wildman–Crippen MR) is 42.0 cm³/mol. The Bertz CT molecular complexity index is 362. The zero-order chi connectivity index (χ0) is 8.01. The molecule has 2 rings (SSSR count). The number of nitrogen functional groups attached to an aromatic ring is 1. The minimum Gasteiger partial charge on any atom is -0.369 e. The van der Waals surface area contributed by atoms with Gasteiger partial charge in [0.2, 0.25) is 0 Å². The SMILES string of the molecule is Cc1nn(C)c2nc(N)[nH]c12. The van der Waals surface area contributed by atoms with E-state index in [1.807, 2.05) is 14.0 Å². The Kier molecular flexibility index (Phi) is 0.986. The van der Waals surface area contributed by atoms with Gasteiger partial charge in [0, 0.05) is 7.05 Å². The monoisotopic (exact) mass is 151 g/mol. The number of fused-ring (bicyclic) bond motifs is 1. The van der Waals surface area contributed by atoms with Crippen molar-refractivity contribution in [3.8, 4) is 0 Å². The van der Waals surface area contributed by atoms with Gasteiger partial charge in [-0.25, -0.2) is 4.68 Å². The van der Waals surface area contributed by atoms with Crippen LogP contribution in [0.15, 0.2) is 0 Å². The van der Waals surface area contributed by atoms with Gasteiger partial charge in [-0.1, -0.05) is 0 Å². The van der Waals surface area contributed by atoms with E-state index >= 15 is 0 Å². The van der Waals surface area contributed by atoms with Crippen LogP contribution in [0.5, 0.6) is 0 Å².